The van der Waals surface area contributed by atoms with Crippen molar-refractivity contribution in [2.24, 2.45) is 0 Å². The summed E-state index contributed by atoms with van der Waals surface area (Å²) in [6.07, 6.45) is 0. The molecule has 0 saturated heterocycles. The van der Waals surface area contributed by atoms with Crippen LogP contribution in [-0.4, -0.2) is 10.2 Å². The van der Waals surface area contributed by atoms with Gasteiger partial charge < -0.3 is 9.47 Å². The molecular formula is C19H17IN2O2. The predicted molar refractivity (Wildman–Crippen MR) is 101 cm³/mol. The molecule has 0 atom stereocenters. The number of halogens is 1. The number of rotatable bonds is 7. The molecule has 4 nitrogen and oxygen atoms in total. The van der Waals surface area contributed by atoms with Gasteiger partial charge in [-0.25, -0.2) is 0 Å². The van der Waals surface area contributed by atoms with E-state index in [4.69, 9.17) is 9.47 Å². The first-order valence-corrected chi connectivity index (χ1v) is 9.14. The number of alkyl halides is 1. The van der Waals surface area contributed by atoms with E-state index in [0.29, 0.717) is 24.8 Å². The Morgan fingerprint density at radius 3 is 1.92 bits per heavy atom. The maximum Gasteiger partial charge on any atom is 0.276 e. The highest BCUT2D eigenvalue weighted by Gasteiger charge is 2.10. The monoisotopic (exact) mass is 432 g/mol. The lowest BCUT2D eigenvalue weighted by Gasteiger charge is -2.12. The molecule has 3 rings (SSSR count). The van der Waals surface area contributed by atoms with Gasteiger partial charge in [0, 0.05) is 10.5 Å². The topological polar surface area (TPSA) is 44.2 Å². The molecule has 0 bridgehead atoms. The van der Waals surface area contributed by atoms with Crippen LogP contribution in [0.1, 0.15) is 16.8 Å². The van der Waals surface area contributed by atoms with Crippen molar-refractivity contribution in [1.82, 2.24) is 10.2 Å². The largest absolute Gasteiger partial charge is 0.483 e. The van der Waals surface area contributed by atoms with Gasteiger partial charge in [0.2, 0.25) is 0 Å². The van der Waals surface area contributed by atoms with Crippen molar-refractivity contribution in [3.63, 3.8) is 0 Å². The van der Waals surface area contributed by atoms with Crippen LogP contribution >= 0.6 is 22.6 Å². The lowest BCUT2D eigenvalue weighted by Crippen LogP contribution is -2.04. The van der Waals surface area contributed by atoms with Crippen LogP contribution in [-0.2, 0) is 17.6 Å². The highest BCUT2D eigenvalue weighted by molar-refractivity contribution is 14.1. The highest BCUT2D eigenvalue weighted by atomic mass is 127. The van der Waals surface area contributed by atoms with Crippen molar-refractivity contribution in [2.45, 2.75) is 17.6 Å². The molecule has 1 aromatic heterocycles. The second-order valence-corrected chi connectivity index (χ2v) is 5.95. The normalized spacial score (nSPS) is 10.4. The Morgan fingerprint density at radius 1 is 0.750 bits per heavy atom. The SMILES string of the molecule is ICc1cc(OCc2ccccc2)c(OCc2ccccc2)nn1. The van der Waals surface area contributed by atoms with Crippen LogP contribution in [0.25, 0.3) is 0 Å². The first-order chi connectivity index (χ1) is 11.8. The standard InChI is InChI=1S/C19H17IN2O2/c20-12-17-11-18(23-13-15-7-3-1-4-8-15)19(22-21-17)24-14-16-9-5-2-6-10-16/h1-11H,12-14H2. The number of aromatic nitrogens is 2. The minimum absolute atomic E-state index is 0.420. The Hall–Kier alpha value is -2.15. The van der Waals surface area contributed by atoms with Crippen LogP contribution < -0.4 is 9.47 Å². The number of nitrogens with zero attached hydrogens (tertiary/aromatic N) is 2. The Morgan fingerprint density at radius 2 is 1.33 bits per heavy atom. The van der Waals surface area contributed by atoms with Crippen LogP contribution in [0.15, 0.2) is 66.7 Å². The summed E-state index contributed by atoms with van der Waals surface area (Å²) in [6.45, 7) is 0.899. The fourth-order valence-corrected chi connectivity index (χ4v) is 2.50. The molecule has 0 N–H and O–H groups in total. The zero-order valence-electron chi connectivity index (χ0n) is 13.1. The number of ether oxygens (including phenoxy) is 2. The van der Waals surface area contributed by atoms with E-state index in [1.807, 2.05) is 66.7 Å². The van der Waals surface area contributed by atoms with Crippen LogP contribution in [0, 0.1) is 0 Å². The van der Waals surface area contributed by atoms with E-state index >= 15 is 0 Å². The fraction of sp³-hybridized carbons (Fsp3) is 0.158. The van der Waals surface area contributed by atoms with E-state index in [1.165, 1.54) is 0 Å². The molecule has 3 aromatic rings. The minimum atomic E-state index is 0.420. The average molecular weight is 432 g/mol. The fourth-order valence-electron chi connectivity index (χ4n) is 2.13. The minimum Gasteiger partial charge on any atom is -0.483 e. The molecular weight excluding hydrogens is 415 g/mol. The van der Waals surface area contributed by atoms with Gasteiger partial charge in [0.15, 0.2) is 5.75 Å². The highest BCUT2D eigenvalue weighted by Crippen LogP contribution is 2.27. The molecule has 0 aliphatic carbocycles. The lowest BCUT2D eigenvalue weighted by atomic mass is 10.2. The van der Waals surface area contributed by atoms with Gasteiger partial charge in [-0.15, -0.1) is 5.10 Å². The molecule has 1 heterocycles. The van der Waals surface area contributed by atoms with Crippen LogP contribution in [0.3, 0.4) is 0 Å². The Kier molecular flexibility index (Phi) is 6.01. The number of hydrogen-bond donors (Lipinski definition) is 0. The maximum absolute atomic E-state index is 5.92. The molecule has 0 amide bonds. The van der Waals surface area contributed by atoms with E-state index < -0.39 is 0 Å². The molecule has 0 saturated carbocycles. The third kappa shape index (κ3) is 4.67. The Balaban J connectivity index is 1.72. The third-order valence-corrected chi connectivity index (χ3v) is 4.15. The van der Waals surface area contributed by atoms with Crippen LogP contribution in [0.4, 0.5) is 0 Å². The Labute approximate surface area is 155 Å². The molecule has 24 heavy (non-hydrogen) atoms. The van der Waals surface area contributed by atoms with E-state index in [9.17, 15) is 0 Å². The second kappa shape index (κ2) is 8.63. The van der Waals surface area contributed by atoms with Crippen molar-refractivity contribution in [3.05, 3.63) is 83.6 Å². The lowest BCUT2D eigenvalue weighted by molar-refractivity contribution is 0.243. The molecule has 0 unspecified atom stereocenters. The van der Waals surface area contributed by atoms with Crippen molar-refractivity contribution in [1.29, 1.82) is 0 Å². The van der Waals surface area contributed by atoms with Crippen molar-refractivity contribution < 1.29 is 9.47 Å². The number of hydrogen-bond acceptors (Lipinski definition) is 4. The van der Waals surface area contributed by atoms with Crippen molar-refractivity contribution in [3.8, 4) is 11.6 Å². The summed E-state index contributed by atoms with van der Waals surface area (Å²) in [5.41, 5.74) is 3.04. The summed E-state index contributed by atoms with van der Waals surface area (Å²) in [6, 6.07) is 21.9. The second-order valence-electron chi connectivity index (χ2n) is 5.19. The summed E-state index contributed by atoms with van der Waals surface area (Å²) in [5.74, 6) is 1.04. The zero-order chi connectivity index (χ0) is 16.6. The molecule has 122 valence electrons. The summed E-state index contributed by atoms with van der Waals surface area (Å²) in [4.78, 5) is 0. The van der Waals surface area contributed by atoms with Gasteiger partial charge in [0.25, 0.3) is 5.88 Å². The summed E-state index contributed by atoms with van der Waals surface area (Å²) in [5, 5.41) is 8.34. The smallest absolute Gasteiger partial charge is 0.276 e. The first-order valence-electron chi connectivity index (χ1n) is 7.61. The van der Waals surface area contributed by atoms with E-state index in [0.717, 1.165) is 21.2 Å². The van der Waals surface area contributed by atoms with Crippen molar-refractivity contribution >= 4 is 22.6 Å². The third-order valence-electron chi connectivity index (χ3n) is 3.37. The molecule has 0 fully saturated rings. The average Bonchev–Trinajstić information content (AvgIpc) is 2.66. The van der Waals surface area contributed by atoms with Gasteiger partial charge in [-0.2, -0.15) is 5.10 Å². The summed E-state index contributed by atoms with van der Waals surface area (Å²) < 4.78 is 12.5. The molecule has 2 aromatic carbocycles. The predicted octanol–water partition coefficient (Wildman–Crippen LogP) is 4.57. The molecule has 0 aliphatic heterocycles. The van der Waals surface area contributed by atoms with E-state index in [1.54, 1.807) is 0 Å². The van der Waals surface area contributed by atoms with Crippen molar-refractivity contribution in [2.75, 3.05) is 0 Å². The van der Waals surface area contributed by atoms with Gasteiger partial charge in [-0.05, 0) is 11.1 Å². The van der Waals surface area contributed by atoms with Gasteiger partial charge in [-0.3, -0.25) is 0 Å². The van der Waals surface area contributed by atoms with Crippen LogP contribution in [0.2, 0.25) is 0 Å². The summed E-state index contributed by atoms with van der Waals surface area (Å²) >= 11 is 2.25. The van der Waals surface area contributed by atoms with Gasteiger partial charge in [0.1, 0.15) is 13.2 Å². The number of benzene rings is 2. The van der Waals surface area contributed by atoms with E-state index in [2.05, 4.69) is 32.8 Å². The quantitative estimate of drug-likeness (QED) is 0.406. The maximum atomic E-state index is 5.92. The van der Waals surface area contributed by atoms with E-state index in [-0.39, 0.29) is 0 Å². The molecule has 0 radical (unpaired) electrons. The van der Waals surface area contributed by atoms with Gasteiger partial charge >= 0.3 is 0 Å². The molecule has 0 aliphatic rings. The summed E-state index contributed by atoms with van der Waals surface area (Å²) in [7, 11) is 0. The molecule has 5 heteroatoms. The Bertz CT molecular complexity index is 767. The zero-order valence-corrected chi connectivity index (χ0v) is 15.2. The van der Waals surface area contributed by atoms with Gasteiger partial charge in [0.05, 0.1) is 5.69 Å². The van der Waals surface area contributed by atoms with Gasteiger partial charge in [-0.1, -0.05) is 83.3 Å². The van der Waals surface area contributed by atoms with Crippen LogP contribution in [0.5, 0.6) is 11.6 Å². The molecule has 0 spiro atoms. The first kappa shape index (κ1) is 16.7.